The molecule has 0 unspecified atom stereocenters. The number of rotatable bonds is 7. The smallest absolute Gasteiger partial charge is 0.117 e. The van der Waals surface area contributed by atoms with Gasteiger partial charge in [-0.3, -0.25) is 0 Å². The Morgan fingerprint density at radius 3 is 3.04 bits per heavy atom. The molecule has 1 aromatic carbocycles. The Balaban J connectivity index is 1.54. The number of aromatic amines is 1. The highest BCUT2D eigenvalue weighted by Gasteiger charge is 2.13. The molecule has 6 heteroatoms. The van der Waals surface area contributed by atoms with Gasteiger partial charge in [0.1, 0.15) is 5.76 Å². The maximum atomic E-state index is 6.22. The van der Waals surface area contributed by atoms with Crippen LogP contribution in [-0.4, -0.2) is 16.5 Å². The van der Waals surface area contributed by atoms with E-state index in [0.29, 0.717) is 0 Å². The van der Waals surface area contributed by atoms with E-state index in [1.54, 1.807) is 17.6 Å². The van der Waals surface area contributed by atoms with Gasteiger partial charge in [0.2, 0.25) is 0 Å². The number of hydrogen-bond acceptors (Lipinski definition) is 4. The third-order valence-corrected chi connectivity index (χ3v) is 5.21. The first-order chi connectivity index (χ1) is 12.3. The highest BCUT2D eigenvalue weighted by Crippen LogP contribution is 2.28. The molecule has 0 atom stereocenters. The lowest BCUT2D eigenvalue weighted by Crippen LogP contribution is -2.16. The average molecular weight is 372 g/mol. The Hall–Kier alpha value is -2.08. The number of aromatic nitrogens is 2. The summed E-state index contributed by atoms with van der Waals surface area (Å²) < 4.78 is 5.36. The molecule has 0 aliphatic rings. The molecule has 128 valence electrons. The van der Waals surface area contributed by atoms with E-state index in [4.69, 9.17) is 16.0 Å². The van der Waals surface area contributed by atoms with E-state index in [1.807, 2.05) is 41.9 Å². The molecule has 0 saturated heterocycles. The highest BCUT2D eigenvalue weighted by molar-refractivity contribution is 7.09. The second kappa shape index (κ2) is 7.44. The van der Waals surface area contributed by atoms with Crippen LogP contribution in [-0.2, 0) is 19.4 Å². The van der Waals surface area contributed by atoms with Crippen molar-refractivity contribution in [2.24, 2.45) is 0 Å². The van der Waals surface area contributed by atoms with Crippen molar-refractivity contribution >= 4 is 33.8 Å². The molecule has 3 heterocycles. The molecular weight excluding hydrogens is 354 g/mol. The van der Waals surface area contributed by atoms with Crippen LogP contribution in [0.4, 0.5) is 0 Å². The molecule has 0 spiro atoms. The summed E-state index contributed by atoms with van der Waals surface area (Å²) in [6.07, 6.45) is 5.29. The number of benzene rings is 1. The maximum absolute atomic E-state index is 6.22. The van der Waals surface area contributed by atoms with Crippen molar-refractivity contribution < 1.29 is 4.42 Å². The minimum absolute atomic E-state index is 0.734. The molecule has 0 aliphatic carbocycles. The molecule has 0 aliphatic heterocycles. The van der Waals surface area contributed by atoms with Crippen LogP contribution in [0.5, 0.6) is 0 Å². The second-order valence-corrected chi connectivity index (χ2v) is 7.30. The highest BCUT2D eigenvalue weighted by atomic mass is 35.5. The maximum Gasteiger partial charge on any atom is 0.117 e. The van der Waals surface area contributed by atoms with Gasteiger partial charge < -0.3 is 14.7 Å². The molecule has 25 heavy (non-hydrogen) atoms. The van der Waals surface area contributed by atoms with Crippen molar-refractivity contribution in [1.82, 2.24) is 15.3 Å². The number of thiazole rings is 1. The summed E-state index contributed by atoms with van der Waals surface area (Å²) in [5.41, 5.74) is 3.64. The number of H-pyrrole nitrogens is 1. The molecule has 3 aromatic heterocycles. The minimum atomic E-state index is 0.734. The van der Waals surface area contributed by atoms with Crippen molar-refractivity contribution in [3.63, 3.8) is 0 Å². The number of halogens is 1. The molecule has 0 radical (unpaired) electrons. The Bertz CT molecular complexity index is 945. The summed E-state index contributed by atoms with van der Waals surface area (Å²) in [6, 6.07) is 9.90. The third-order valence-electron chi connectivity index (χ3n) is 4.20. The van der Waals surface area contributed by atoms with Crippen LogP contribution < -0.4 is 5.32 Å². The van der Waals surface area contributed by atoms with Gasteiger partial charge in [-0.1, -0.05) is 11.6 Å². The number of hydrogen-bond donors (Lipinski definition) is 2. The molecule has 4 nitrogen and oxygen atoms in total. The Kier molecular flexibility index (Phi) is 4.88. The van der Waals surface area contributed by atoms with Gasteiger partial charge in [-0.15, -0.1) is 11.3 Å². The summed E-state index contributed by atoms with van der Waals surface area (Å²) in [5, 5.41) is 8.52. The summed E-state index contributed by atoms with van der Waals surface area (Å²) in [6.45, 7) is 1.60. The van der Waals surface area contributed by atoms with Gasteiger partial charge in [0.25, 0.3) is 0 Å². The normalized spacial score (nSPS) is 11.4. The molecule has 0 amide bonds. The van der Waals surface area contributed by atoms with Crippen LogP contribution in [0.1, 0.15) is 22.0 Å². The van der Waals surface area contributed by atoms with Crippen LogP contribution in [0, 0.1) is 0 Å². The minimum Gasteiger partial charge on any atom is -0.468 e. The predicted molar refractivity (Wildman–Crippen MR) is 102 cm³/mol. The SMILES string of the molecule is Clc1ccc2[nH]c(Cc3nccs3)c(CCNCc3ccco3)c2c1. The first kappa shape index (κ1) is 16.4. The van der Waals surface area contributed by atoms with Gasteiger partial charge in [-0.05, 0) is 48.9 Å². The van der Waals surface area contributed by atoms with Crippen LogP contribution in [0.25, 0.3) is 10.9 Å². The van der Waals surface area contributed by atoms with Crippen LogP contribution in [0.3, 0.4) is 0 Å². The van der Waals surface area contributed by atoms with E-state index >= 15 is 0 Å². The number of fused-ring (bicyclic) bond motifs is 1. The van der Waals surface area contributed by atoms with E-state index in [1.165, 1.54) is 16.6 Å². The predicted octanol–water partition coefficient (Wildman–Crippen LogP) is 4.79. The van der Waals surface area contributed by atoms with Crippen molar-refractivity contribution in [3.8, 4) is 0 Å². The number of nitrogens with one attached hydrogen (secondary N) is 2. The zero-order valence-corrected chi connectivity index (χ0v) is 15.2. The summed E-state index contributed by atoms with van der Waals surface area (Å²) in [7, 11) is 0. The lowest BCUT2D eigenvalue weighted by Gasteiger charge is -2.06. The van der Waals surface area contributed by atoms with E-state index in [-0.39, 0.29) is 0 Å². The van der Waals surface area contributed by atoms with E-state index in [0.717, 1.165) is 47.2 Å². The van der Waals surface area contributed by atoms with Crippen LogP contribution >= 0.6 is 22.9 Å². The van der Waals surface area contributed by atoms with Gasteiger partial charge in [-0.25, -0.2) is 4.98 Å². The van der Waals surface area contributed by atoms with Crippen molar-refractivity contribution in [2.45, 2.75) is 19.4 Å². The standard InChI is InChI=1S/C19H18ClN3OS/c20-13-3-4-17-16(10-13)15(5-6-21-12-14-2-1-8-24-14)18(23-17)11-19-22-7-9-25-19/h1-4,7-10,21,23H,5-6,11-12H2. The zero-order chi connectivity index (χ0) is 17.1. The average Bonchev–Trinajstić information content (AvgIpc) is 3.34. The molecule has 0 bridgehead atoms. The second-order valence-electron chi connectivity index (χ2n) is 5.88. The molecular formula is C19H18ClN3OS. The van der Waals surface area contributed by atoms with Gasteiger partial charge >= 0.3 is 0 Å². The fourth-order valence-electron chi connectivity index (χ4n) is 3.04. The van der Waals surface area contributed by atoms with Gasteiger partial charge in [0.15, 0.2) is 0 Å². The van der Waals surface area contributed by atoms with Crippen molar-refractivity contribution in [2.75, 3.05) is 6.54 Å². The van der Waals surface area contributed by atoms with Crippen LogP contribution in [0.2, 0.25) is 5.02 Å². The Morgan fingerprint density at radius 1 is 1.28 bits per heavy atom. The molecule has 0 fully saturated rings. The van der Waals surface area contributed by atoms with Gasteiger partial charge in [0, 0.05) is 39.6 Å². The molecule has 4 rings (SSSR count). The first-order valence-corrected chi connectivity index (χ1v) is 9.46. The van der Waals surface area contributed by atoms with Gasteiger partial charge in [0.05, 0.1) is 17.8 Å². The molecule has 4 aromatic rings. The molecule has 2 N–H and O–H groups in total. The van der Waals surface area contributed by atoms with E-state index in [9.17, 15) is 0 Å². The fourth-order valence-corrected chi connectivity index (χ4v) is 3.84. The zero-order valence-electron chi connectivity index (χ0n) is 13.6. The summed E-state index contributed by atoms with van der Waals surface area (Å²) in [4.78, 5) is 7.96. The largest absolute Gasteiger partial charge is 0.468 e. The fraction of sp³-hybridized carbons (Fsp3) is 0.211. The van der Waals surface area contributed by atoms with Crippen molar-refractivity contribution in [3.05, 3.63) is 75.2 Å². The third kappa shape index (κ3) is 3.79. The first-order valence-electron chi connectivity index (χ1n) is 8.20. The molecule has 0 saturated carbocycles. The summed E-state index contributed by atoms with van der Waals surface area (Å²) >= 11 is 7.90. The van der Waals surface area contributed by atoms with E-state index in [2.05, 4.69) is 15.3 Å². The number of nitrogens with zero attached hydrogens (tertiary/aromatic N) is 1. The monoisotopic (exact) mass is 371 g/mol. The van der Waals surface area contributed by atoms with Gasteiger partial charge in [-0.2, -0.15) is 0 Å². The van der Waals surface area contributed by atoms with Crippen LogP contribution in [0.15, 0.2) is 52.6 Å². The quantitative estimate of drug-likeness (QED) is 0.459. The van der Waals surface area contributed by atoms with E-state index < -0.39 is 0 Å². The number of furan rings is 1. The van der Waals surface area contributed by atoms with Crippen molar-refractivity contribution in [1.29, 1.82) is 0 Å². The Labute approximate surface area is 154 Å². The summed E-state index contributed by atoms with van der Waals surface area (Å²) in [5.74, 6) is 0.949. The lowest BCUT2D eigenvalue weighted by molar-refractivity contribution is 0.484. The Morgan fingerprint density at radius 2 is 2.24 bits per heavy atom. The lowest BCUT2D eigenvalue weighted by atomic mass is 10.1. The topological polar surface area (TPSA) is 53.9 Å².